The summed E-state index contributed by atoms with van der Waals surface area (Å²) in [5.41, 5.74) is 1.70. The summed E-state index contributed by atoms with van der Waals surface area (Å²) in [6.07, 6.45) is 1.44. The van der Waals surface area contributed by atoms with Gasteiger partial charge in [-0.2, -0.15) is 0 Å². The van der Waals surface area contributed by atoms with Gasteiger partial charge in [0.1, 0.15) is 11.5 Å². The van der Waals surface area contributed by atoms with Crippen molar-refractivity contribution in [1.29, 1.82) is 0 Å². The zero-order chi connectivity index (χ0) is 20.4. The molecule has 142 valence electrons. The van der Waals surface area contributed by atoms with E-state index in [0.29, 0.717) is 27.7 Å². The van der Waals surface area contributed by atoms with Gasteiger partial charge in [0.25, 0.3) is 11.6 Å². The van der Waals surface area contributed by atoms with Gasteiger partial charge in [0.15, 0.2) is 0 Å². The number of hydrogen-bond acceptors (Lipinski definition) is 4. The number of aliphatic imine (C=N–C) groups is 1. The minimum atomic E-state index is -0.482. The number of carbonyl (C=O) groups is 1. The Hall–Kier alpha value is -3.77. The number of nitro benzene ring substituents is 1. The van der Waals surface area contributed by atoms with Crippen LogP contribution in [0.5, 0.6) is 0 Å². The number of para-hydroxylation sites is 2. The number of anilines is 1. The van der Waals surface area contributed by atoms with Gasteiger partial charge in [-0.3, -0.25) is 19.8 Å². The molecule has 7 heteroatoms. The van der Waals surface area contributed by atoms with Gasteiger partial charge in [0.2, 0.25) is 0 Å². The number of benzene rings is 3. The van der Waals surface area contributed by atoms with E-state index in [1.165, 1.54) is 17.0 Å². The largest absolute Gasteiger partial charge is 0.282 e. The normalized spacial score (nSPS) is 14.9. The third-order valence-electron chi connectivity index (χ3n) is 4.40. The van der Waals surface area contributed by atoms with Gasteiger partial charge in [-0.25, -0.2) is 4.99 Å². The quantitative estimate of drug-likeness (QED) is 0.346. The van der Waals surface area contributed by atoms with Crippen LogP contribution in [0, 0.1) is 10.1 Å². The van der Waals surface area contributed by atoms with E-state index in [1.807, 2.05) is 18.2 Å². The molecular weight excluding hydrogens is 390 g/mol. The van der Waals surface area contributed by atoms with Crippen LogP contribution in [0.2, 0.25) is 5.02 Å². The first-order chi connectivity index (χ1) is 14.0. The second-order valence-electron chi connectivity index (χ2n) is 6.26. The van der Waals surface area contributed by atoms with Crippen molar-refractivity contribution in [2.24, 2.45) is 4.99 Å². The molecule has 0 bridgehead atoms. The van der Waals surface area contributed by atoms with E-state index < -0.39 is 4.92 Å². The standard InChI is InChI=1S/C22H14ClN3O3/c23-17-12-10-15(11-13-17)21-24-19(14-16-6-4-5-9-20(16)26(28)29)22(27)25(21)18-7-2-1-3-8-18/h1-14H. The molecular formula is C22H14ClN3O3. The number of rotatable bonds is 4. The number of nitro groups is 1. The highest BCUT2D eigenvalue weighted by Crippen LogP contribution is 2.29. The topological polar surface area (TPSA) is 75.8 Å². The third-order valence-corrected chi connectivity index (χ3v) is 4.65. The number of nitrogens with zero attached hydrogens (tertiary/aromatic N) is 3. The number of amidine groups is 1. The zero-order valence-corrected chi connectivity index (χ0v) is 15.8. The maximum Gasteiger partial charge on any atom is 0.282 e. The molecule has 1 heterocycles. The summed E-state index contributed by atoms with van der Waals surface area (Å²) >= 11 is 5.99. The van der Waals surface area contributed by atoms with Gasteiger partial charge in [-0.05, 0) is 48.5 Å². The highest BCUT2D eigenvalue weighted by atomic mass is 35.5. The third kappa shape index (κ3) is 3.66. The first-order valence-corrected chi connectivity index (χ1v) is 9.11. The lowest BCUT2D eigenvalue weighted by Crippen LogP contribution is -2.32. The molecule has 0 N–H and O–H groups in total. The first kappa shape index (κ1) is 18.6. The molecule has 0 radical (unpaired) electrons. The SMILES string of the molecule is O=C1C(=Cc2ccccc2[N+](=O)[O-])N=C(c2ccc(Cl)cc2)N1c1ccccc1. The van der Waals surface area contributed by atoms with Gasteiger partial charge in [-0.1, -0.05) is 41.9 Å². The lowest BCUT2D eigenvalue weighted by atomic mass is 10.1. The van der Waals surface area contributed by atoms with E-state index in [9.17, 15) is 14.9 Å². The average molecular weight is 404 g/mol. The molecule has 0 aromatic heterocycles. The lowest BCUT2D eigenvalue weighted by Gasteiger charge is -2.18. The van der Waals surface area contributed by atoms with Crippen LogP contribution in [-0.4, -0.2) is 16.7 Å². The molecule has 0 aliphatic carbocycles. The molecule has 0 unspecified atom stereocenters. The summed E-state index contributed by atoms with van der Waals surface area (Å²) < 4.78 is 0. The Morgan fingerprint density at radius 2 is 1.59 bits per heavy atom. The molecule has 1 aliphatic heterocycles. The molecule has 1 aliphatic rings. The highest BCUT2D eigenvalue weighted by Gasteiger charge is 2.32. The molecule has 0 spiro atoms. The maximum absolute atomic E-state index is 13.2. The Balaban J connectivity index is 1.85. The smallest absolute Gasteiger partial charge is 0.266 e. The van der Waals surface area contributed by atoms with E-state index in [-0.39, 0.29) is 17.3 Å². The van der Waals surface area contributed by atoms with Crippen molar-refractivity contribution in [2.45, 2.75) is 0 Å². The molecule has 4 rings (SSSR count). The van der Waals surface area contributed by atoms with Crippen LogP contribution in [0.25, 0.3) is 6.08 Å². The van der Waals surface area contributed by atoms with Crippen LogP contribution in [0.15, 0.2) is 89.6 Å². The molecule has 0 atom stereocenters. The number of carbonyl (C=O) groups excluding carboxylic acids is 1. The number of halogens is 1. The average Bonchev–Trinajstić information content (AvgIpc) is 3.05. The predicted octanol–water partition coefficient (Wildman–Crippen LogP) is 5.08. The molecule has 0 saturated carbocycles. The van der Waals surface area contributed by atoms with E-state index in [2.05, 4.69) is 4.99 Å². The van der Waals surface area contributed by atoms with E-state index in [4.69, 9.17) is 11.6 Å². The highest BCUT2D eigenvalue weighted by molar-refractivity contribution is 6.34. The van der Waals surface area contributed by atoms with Crippen LogP contribution in [-0.2, 0) is 4.79 Å². The summed E-state index contributed by atoms with van der Waals surface area (Å²) in [5.74, 6) is 0.0713. The van der Waals surface area contributed by atoms with Crippen LogP contribution < -0.4 is 4.90 Å². The molecule has 0 fully saturated rings. The maximum atomic E-state index is 13.2. The minimum Gasteiger partial charge on any atom is -0.266 e. The molecule has 29 heavy (non-hydrogen) atoms. The summed E-state index contributed by atoms with van der Waals surface area (Å²) in [7, 11) is 0. The lowest BCUT2D eigenvalue weighted by molar-refractivity contribution is -0.385. The Morgan fingerprint density at radius 1 is 0.931 bits per heavy atom. The Kier molecular flexibility index (Phi) is 4.93. The van der Waals surface area contributed by atoms with Crippen molar-refractivity contribution in [3.05, 3.63) is 111 Å². The molecule has 0 saturated heterocycles. The van der Waals surface area contributed by atoms with Crippen molar-refractivity contribution >= 4 is 40.8 Å². The predicted molar refractivity (Wildman–Crippen MR) is 113 cm³/mol. The molecule has 6 nitrogen and oxygen atoms in total. The first-order valence-electron chi connectivity index (χ1n) is 8.74. The molecule has 1 amide bonds. The van der Waals surface area contributed by atoms with Crippen LogP contribution >= 0.6 is 11.6 Å². The van der Waals surface area contributed by atoms with Crippen molar-refractivity contribution in [3.63, 3.8) is 0 Å². The number of hydrogen-bond donors (Lipinski definition) is 0. The monoisotopic (exact) mass is 403 g/mol. The molecule has 3 aromatic carbocycles. The Labute approximate surface area is 171 Å². The van der Waals surface area contributed by atoms with Gasteiger partial charge in [-0.15, -0.1) is 0 Å². The number of amides is 1. The van der Waals surface area contributed by atoms with Crippen molar-refractivity contribution in [2.75, 3.05) is 4.90 Å². The fourth-order valence-corrected chi connectivity index (χ4v) is 3.18. The Bertz CT molecular complexity index is 1160. The zero-order valence-electron chi connectivity index (χ0n) is 15.0. The van der Waals surface area contributed by atoms with Crippen LogP contribution in [0.4, 0.5) is 11.4 Å². The van der Waals surface area contributed by atoms with Crippen LogP contribution in [0.3, 0.4) is 0 Å². The van der Waals surface area contributed by atoms with E-state index >= 15 is 0 Å². The van der Waals surface area contributed by atoms with Crippen LogP contribution in [0.1, 0.15) is 11.1 Å². The summed E-state index contributed by atoms with van der Waals surface area (Å²) in [4.78, 5) is 30.0. The second-order valence-corrected chi connectivity index (χ2v) is 6.70. The van der Waals surface area contributed by atoms with E-state index in [0.717, 1.165) is 0 Å². The fourth-order valence-electron chi connectivity index (χ4n) is 3.05. The van der Waals surface area contributed by atoms with Crippen molar-refractivity contribution in [1.82, 2.24) is 0 Å². The second kappa shape index (κ2) is 7.69. The minimum absolute atomic E-state index is 0.0887. The van der Waals surface area contributed by atoms with Gasteiger partial charge >= 0.3 is 0 Å². The summed E-state index contributed by atoms with van der Waals surface area (Å²) in [6.45, 7) is 0. The van der Waals surface area contributed by atoms with E-state index in [1.54, 1.807) is 54.6 Å². The molecule has 3 aromatic rings. The Morgan fingerprint density at radius 3 is 2.28 bits per heavy atom. The fraction of sp³-hybridized carbons (Fsp3) is 0. The summed E-state index contributed by atoms with van der Waals surface area (Å²) in [5, 5.41) is 11.9. The van der Waals surface area contributed by atoms with Gasteiger partial charge < -0.3 is 0 Å². The van der Waals surface area contributed by atoms with Crippen molar-refractivity contribution in [3.8, 4) is 0 Å². The van der Waals surface area contributed by atoms with Crippen molar-refractivity contribution < 1.29 is 9.72 Å². The summed E-state index contributed by atoms with van der Waals surface area (Å²) in [6, 6.07) is 22.3. The van der Waals surface area contributed by atoms with Gasteiger partial charge in [0, 0.05) is 16.7 Å². The van der Waals surface area contributed by atoms with Gasteiger partial charge in [0.05, 0.1) is 16.2 Å².